The minimum atomic E-state index is -4.68. The highest BCUT2D eigenvalue weighted by molar-refractivity contribution is 8.16. The number of benzene rings is 2. The van der Waals surface area contributed by atoms with Crippen molar-refractivity contribution >= 4 is 46.7 Å². The van der Waals surface area contributed by atoms with Crippen LogP contribution in [0.4, 0.5) is 24.5 Å². The molecule has 2 aromatic rings. The SMILES string of the molecule is CC(=O)Nc1ccc(NC(=O)c2ccc(C3SCCCS3)cc2)c(C(F)(F)F)c1. The Morgan fingerprint density at radius 3 is 2.24 bits per heavy atom. The third kappa shape index (κ3) is 5.70. The minimum Gasteiger partial charge on any atom is -0.326 e. The maximum atomic E-state index is 13.4. The molecule has 2 aromatic carbocycles. The quantitative estimate of drug-likeness (QED) is 0.632. The summed E-state index contributed by atoms with van der Waals surface area (Å²) in [4.78, 5) is 23.6. The Morgan fingerprint density at radius 2 is 1.66 bits per heavy atom. The molecular formula is C20H19F3N2O2S2. The molecule has 0 aromatic heterocycles. The molecule has 29 heavy (non-hydrogen) atoms. The lowest BCUT2D eigenvalue weighted by Crippen LogP contribution is -2.17. The first-order valence-corrected chi connectivity index (χ1v) is 11.0. The third-order valence-electron chi connectivity index (χ3n) is 4.17. The molecule has 1 heterocycles. The van der Waals surface area contributed by atoms with Crippen molar-refractivity contribution in [1.29, 1.82) is 0 Å². The molecule has 0 atom stereocenters. The maximum Gasteiger partial charge on any atom is 0.418 e. The number of hydrogen-bond acceptors (Lipinski definition) is 4. The number of hydrogen-bond donors (Lipinski definition) is 2. The Balaban J connectivity index is 1.78. The van der Waals surface area contributed by atoms with E-state index in [-0.39, 0.29) is 16.9 Å². The van der Waals surface area contributed by atoms with Crippen LogP contribution in [-0.4, -0.2) is 23.3 Å². The highest BCUT2D eigenvalue weighted by atomic mass is 32.2. The molecule has 4 nitrogen and oxygen atoms in total. The molecule has 1 aliphatic heterocycles. The fourth-order valence-corrected chi connectivity index (χ4v) is 5.73. The molecule has 154 valence electrons. The fraction of sp³-hybridized carbons (Fsp3) is 0.300. The molecule has 0 radical (unpaired) electrons. The summed E-state index contributed by atoms with van der Waals surface area (Å²) >= 11 is 3.70. The number of halogens is 3. The van der Waals surface area contributed by atoms with Gasteiger partial charge in [0.25, 0.3) is 5.91 Å². The number of nitrogens with one attached hydrogen (secondary N) is 2. The van der Waals surface area contributed by atoms with Crippen LogP contribution in [0, 0.1) is 0 Å². The van der Waals surface area contributed by atoms with Crippen molar-refractivity contribution in [3.8, 4) is 0 Å². The van der Waals surface area contributed by atoms with Crippen LogP contribution in [0.25, 0.3) is 0 Å². The van der Waals surface area contributed by atoms with E-state index in [0.717, 1.165) is 29.2 Å². The van der Waals surface area contributed by atoms with Crippen LogP contribution in [0.1, 0.15) is 39.4 Å². The Bertz CT molecular complexity index is 896. The number of alkyl halides is 3. The molecule has 0 unspecified atom stereocenters. The summed E-state index contributed by atoms with van der Waals surface area (Å²) in [7, 11) is 0. The zero-order valence-electron chi connectivity index (χ0n) is 15.5. The Hall–Kier alpha value is -2.13. The Kier molecular flexibility index (Phi) is 6.79. The van der Waals surface area contributed by atoms with Gasteiger partial charge in [0.05, 0.1) is 15.8 Å². The van der Waals surface area contributed by atoms with Gasteiger partial charge in [-0.25, -0.2) is 0 Å². The molecule has 0 aliphatic carbocycles. The van der Waals surface area contributed by atoms with Crippen LogP contribution in [0.2, 0.25) is 0 Å². The normalized spacial score (nSPS) is 15.0. The first kappa shape index (κ1) is 21.6. The molecule has 0 bridgehead atoms. The number of amides is 2. The predicted molar refractivity (Wildman–Crippen MR) is 112 cm³/mol. The zero-order chi connectivity index (χ0) is 21.0. The summed E-state index contributed by atoms with van der Waals surface area (Å²) in [5.74, 6) is 1.08. The van der Waals surface area contributed by atoms with Crippen molar-refractivity contribution in [3.63, 3.8) is 0 Å². The number of carbonyl (C=O) groups excluding carboxylic acids is 2. The molecule has 1 fully saturated rings. The van der Waals surface area contributed by atoms with Gasteiger partial charge in [-0.2, -0.15) is 13.2 Å². The topological polar surface area (TPSA) is 58.2 Å². The molecule has 2 N–H and O–H groups in total. The van der Waals surface area contributed by atoms with E-state index in [4.69, 9.17) is 0 Å². The van der Waals surface area contributed by atoms with Crippen LogP contribution in [0.5, 0.6) is 0 Å². The summed E-state index contributed by atoms with van der Waals surface area (Å²) in [6, 6.07) is 10.2. The summed E-state index contributed by atoms with van der Waals surface area (Å²) in [6.45, 7) is 1.21. The standard InChI is InChI=1S/C20H19F3N2O2S2/c1-12(26)24-15-7-8-17(16(11-15)20(21,22)23)25-18(27)13-3-5-14(6-4-13)19-28-9-2-10-29-19/h3-8,11,19H,2,9-10H2,1H3,(H,24,26)(H,25,27). The van der Waals surface area contributed by atoms with Crippen molar-refractivity contribution in [2.45, 2.75) is 24.1 Å². The van der Waals surface area contributed by atoms with Gasteiger partial charge in [-0.1, -0.05) is 12.1 Å². The summed E-state index contributed by atoms with van der Waals surface area (Å²) < 4.78 is 40.5. The summed E-state index contributed by atoms with van der Waals surface area (Å²) in [5, 5.41) is 4.64. The molecular weight excluding hydrogens is 421 g/mol. The van der Waals surface area contributed by atoms with Gasteiger partial charge in [-0.05, 0) is 53.8 Å². The van der Waals surface area contributed by atoms with Crippen LogP contribution < -0.4 is 10.6 Å². The van der Waals surface area contributed by atoms with E-state index in [2.05, 4.69) is 10.6 Å². The van der Waals surface area contributed by atoms with Crippen molar-refractivity contribution in [1.82, 2.24) is 0 Å². The molecule has 0 spiro atoms. The monoisotopic (exact) mass is 440 g/mol. The van der Waals surface area contributed by atoms with E-state index in [9.17, 15) is 22.8 Å². The summed E-state index contributed by atoms with van der Waals surface area (Å²) in [5.41, 5.74) is -0.0111. The van der Waals surface area contributed by atoms with Crippen LogP contribution >= 0.6 is 23.5 Å². The first-order chi connectivity index (χ1) is 13.7. The first-order valence-electron chi connectivity index (χ1n) is 8.87. The van der Waals surface area contributed by atoms with E-state index in [0.29, 0.717) is 4.58 Å². The minimum absolute atomic E-state index is 0.00894. The predicted octanol–water partition coefficient (Wildman–Crippen LogP) is 5.78. The largest absolute Gasteiger partial charge is 0.418 e. The van der Waals surface area contributed by atoms with Gasteiger partial charge in [0.1, 0.15) is 0 Å². The Morgan fingerprint density at radius 1 is 1.00 bits per heavy atom. The second kappa shape index (κ2) is 9.13. The van der Waals surface area contributed by atoms with Crippen molar-refractivity contribution in [2.24, 2.45) is 0 Å². The number of thioether (sulfide) groups is 2. The molecule has 2 amide bonds. The number of rotatable bonds is 4. The van der Waals surface area contributed by atoms with E-state index in [1.54, 1.807) is 12.1 Å². The van der Waals surface area contributed by atoms with Crippen LogP contribution in [-0.2, 0) is 11.0 Å². The van der Waals surface area contributed by atoms with Crippen LogP contribution in [0.15, 0.2) is 42.5 Å². The zero-order valence-corrected chi connectivity index (χ0v) is 17.1. The summed E-state index contributed by atoms with van der Waals surface area (Å²) in [6.07, 6.45) is -3.51. The van der Waals surface area contributed by atoms with Gasteiger partial charge in [-0.3, -0.25) is 9.59 Å². The van der Waals surface area contributed by atoms with Gasteiger partial charge in [0, 0.05) is 18.2 Å². The van der Waals surface area contributed by atoms with E-state index < -0.39 is 23.6 Å². The molecule has 9 heteroatoms. The molecule has 0 saturated carbocycles. The van der Waals surface area contributed by atoms with Gasteiger partial charge >= 0.3 is 6.18 Å². The van der Waals surface area contributed by atoms with E-state index >= 15 is 0 Å². The van der Waals surface area contributed by atoms with E-state index in [1.165, 1.54) is 19.4 Å². The molecule has 1 aliphatic rings. The van der Waals surface area contributed by atoms with Crippen molar-refractivity contribution < 1.29 is 22.8 Å². The lowest BCUT2D eigenvalue weighted by molar-refractivity contribution is -0.137. The second-order valence-corrected chi connectivity index (χ2v) is 9.17. The highest BCUT2D eigenvalue weighted by Crippen LogP contribution is 2.43. The lowest BCUT2D eigenvalue weighted by Gasteiger charge is -2.21. The fourth-order valence-electron chi connectivity index (χ4n) is 2.84. The van der Waals surface area contributed by atoms with Crippen molar-refractivity contribution in [2.75, 3.05) is 22.1 Å². The van der Waals surface area contributed by atoms with Gasteiger partial charge in [-0.15, -0.1) is 23.5 Å². The average Bonchev–Trinajstić information content (AvgIpc) is 2.68. The Labute approximate surface area is 175 Å². The lowest BCUT2D eigenvalue weighted by atomic mass is 10.1. The highest BCUT2D eigenvalue weighted by Gasteiger charge is 2.34. The number of carbonyl (C=O) groups is 2. The number of anilines is 2. The second-order valence-electron chi connectivity index (χ2n) is 6.44. The van der Waals surface area contributed by atoms with Crippen LogP contribution in [0.3, 0.4) is 0 Å². The molecule has 1 saturated heterocycles. The van der Waals surface area contributed by atoms with Gasteiger partial charge < -0.3 is 10.6 Å². The van der Waals surface area contributed by atoms with E-state index in [1.807, 2.05) is 35.7 Å². The molecule has 3 rings (SSSR count). The van der Waals surface area contributed by atoms with Gasteiger partial charge in [0.2, 0.25) is 5.91 Å². The van der Waals surface area contributed by atoms with Gasteiger partial charge in [0.15, 0.2) is 0 Å². The van der Waals surface area contributed by atoms with Crippen molar-refractivity contribution in [3.05, 3.63) is 59.2 Å². The average molecular weight is 441 g/mol. The smallest absolute Gasteiger partial charge is 0.326 e. The third-order valence-corrected chi connectivity index (χ3v) is 7.18. The maximum absolute atomic E-state index is 13.4.